The zero-order chi connectivity index (χ0) is 11.6. The quantitative estimate of drug-likeness (QED) is 0.828. The number of benzene rings is 1. The minimum atomic E-state index is -0.182. The maximum absolute atomic E-state index is 11.9. The van der Waals surface area contributed by atoms with Crippen LogP contribution in [0.5, 0.6) is 0 Å². The molecule has 0 bridgehead atoms. The fourth-order valence-corrected chi connectivity index (χ4v) is 2.27. The zero-order valence-corrected chi connectivity index (χ0v) is 10.3. The van der Waals surface area contributed by atoms with E-state index in [1.807, 2.05) is 0 Å². The molecule has 2 rings (SSSR count). The molecule has 0 atom stereocenters. The Morgan fingerprint density at radius 1 is 1.31 bits per heavy atom. The summed E-state index contributed by atoms with van der Waals surface area (Å²) in [4.78, 5) is 11.9. The van der Waals surface area contributed by atoms with Crippen LogP contribution in [-0.4, -0.2) is 17.3 Å². The van der Waals surface area contributed by atoms with Crippen molar-refractivity contribution in [2.24, 2.45) is 0 Å². The molecule has 86 valence electrons. The molecule has 1 aliphatic rings. The first kappa shape index (κ1) is 11.7. The molecule has 1 amide bonds. The number of rotatable bonds is 3. The Bertz CT molecular complexity index is 379. The largest absolute Gasteiger partial charge is 0.345 e. The summed E-state index contributed by atoms with van der Waals surface area (Å²) in [6.45, 7) is 0. The van der Waals surface area contributed by atoms with Gasteiger partial charge in [0.05, 0.1) is 5.54 Å². The number of hydrogen-bond donors (Lipinski definition) is 1. The molecule has 1 aromatic rings. The predicted molar refractivity (Wildman–Crippen MR) is 66.2 cm³/mol. The normalized spacial score (nSPS) is 17.6. The second-order valence-electron chi connectivity index (χ2n) is 4.23. The minimum absolute atomic E-state index is 0.0722. The van der Waals surface area contributed by atoms with E-state index in [2.05, 4.69) is 5.32 Å². The first-order valence-electron chi connectivity index (χ1n) is 5.29. The molecule has 0 spiro atoms. The first-order chi connectivity index (χ1) is 7.65. The summed E-state index contributed by atoms with van der Waals surface area (Å²) in [6.07, 6.45) is 3.07. The predicted octanol–water partition coefficient (Wildman–Crippen LogP) is 3.23. The number of carbonyl (C=O) groups is 1. The lowest BCUT2D eigenvalue weighted by atomic mass is 9.78. The van der Waals surface area contributed by atoms with E-state index >= 15 is 0 Å². The third kappa shape index (κ3) is 2.33. The Labute approximate surface area is 105 Å². The summed E-state index contributed by atoms with van der Waals surface area (Å²) < 4.78 is 0. The van der Waals surface area contributed by atoms with Gasteiger partial charge in [-0.05, 0) is 43.5 Å². The van der Waals surface area contributed by atoms with Gasteiger partial charge in [-0.3, -0.25) is 4.79 Å². The lowest BCUT2D eigenvalue weighted by Gasteiger charge is -2.41. The Morgan fingerprint density at radius 3 is 2.38 bits per heavy atom. The second-order valence-corrected chi connectivity index (χ2v) is 4.93. The standard InChI is InChI=1S/C12H13Cl2NO/c13-8-12(6-1-7-12)15-11(16)9-2-4-10(14)5-3-9/h2-5H,1,6-8H2,(H,15,16). The van der Waals surface area contributed by atoms with Crippen LogP contribution in [0, 0.1) is 0 Å². The second kappa shape index (κ2) is 4.64. The lowest BCUT2D eigenvalue weighted by molar-refractivity contribution is 0.0854. The highest BCUT2D eigenvalue weighted by molar-refractivity contribution is 6.30. The number of amides is 1. The van der Waals surface area contributed by atoms with Crippen molar-refractivity contribution >= 4 is 29.1 Å². The van der Waals surface area contributed by atoms with E-state index in [-0.39, 0.29) is 11.4 Å². The van der Waals surface area contributed by atoms with E-state index in [4.69, 9.17) is 23.2 Å². The van der Waals surface area contributed by atoms with Gasteiger partial charge < -0.3 is 5.32 Å². The molecule has 0 unspecified atom stereocenters. The van der Waals surface area contributed by atoms with Crippen LogP contribution >= 0.6 is 23.2 Å². The van der Waals surface area contributed by atoms with Crippen molar-refractivity contribution in [3.8, 4) is 0 Å². The van der Waals surface area contributed by atoms with E-state index in [1.54, 1.807) is 24.3 Å². The number of halogens is 2. The van der Waals surface area contributed by atoms with Crippen LogP contribution < -0.4 is 5.32 Å². The van der Waals surface area contributed by atoms with Crippen LogP contribution in [0.25, 0.3) is 0 Å². The molecule has 0 aliphatic heterocycles. The van der Waals surface area contributed by atoms with Crippen LogP contribution in [0.15, 0.2) is 24.3 Å². The molecule has 0 radical (unpaired) electrons. The highest BCUT2D eigenvalue weighted by atomic mass is 35.5. The fourth-order valence-electron chi connectivity index (χ4n) is 1.81. The van der Waals surface area contributed by atoms with Gasteiger partial charge >= 0.3 is 0 Å². The highest BCUT2D eigenvalue weighted by Gasteiger charge is 2.37. The topological polar surface area (TPSA) is 29.1 Å². The molecular formula is C12H13Cl2NO. The van der Waals surface area contributed by atoms with Gasteiger partial charge in [0.1, 0.15) is 0 Å². The summed E-state index contributed by atoms with van der Waals surface area (Å²) in [5.41, 5.74) is 0.443. The molecule has 1 N–H and O–H groups in total. The van der Waals surface area contributed by atoms with Crippen molar-refractivity contribution in [2.45, 2.75) is 24.8 Å². The van der Waals surface area contributed by atoms with Gasteiger partial charge in [0, 0.05) is 16.5 Å². The molecule has 2 nitrogen and oxygen atoms in total. The molecule has 16 heavy (non-hydrogen) atoms. The van der Waals surface area contributed by atoms with E-state index in [0.717, 1.165) is 19.3 Å². The van der Waals surface area contributed by atoms with Gasteiger partial charge in [-0.15, -0.1) is 11.6 Å². The summed E-state index contributed by atoms with van der Waals surface area (Å²) in [6, 6.07) is 6.87. The van der Waals surface area contributed by atoms with Crippen molar-refractivity contribution in [1.82, 2.24) is 5.32 Å². The van der Waals surface area contributed by atoms with Crippen molar-refractivity contribution in [1.29, 1.82) is 0 Å². The van der Waals surface area contributed by atoms with Crippen LogP contribution in [0.3, 0.4) is 0 Å². The summed E-state index contributed by atoms with van der Waals surface area (Å²) in [7, 11) is 0. The van der Waals surface area contributed by atoms with Crippen LogP contribution in [0.2, 0.25) is 5.02 Å². The monoisotopic (exact) mass is 257 g/mol. The van der Waals surface area contributed by atoms with Gasteiger partial charge in [0.15, 0.2) is 0 Å². The van der Waals surface area contributed by atoms with Crippen LogP contribution in [-0.2, 0) is 0 Å². The maximum atomic E-state index is 11.9. The highest BCUT2D eigenvalue weighted by Crippen LogP contribution is 2.33. The SMILES string of the molecule is O=C(NC1(CCl)CCC1)c1ccc(Cl)cc1. The van der Waals surface area contributed by atoms with Crippen molar-refractivity contribution in [3.63, 3.8) is 0 Å². The van der Waals surface area contributed by atoms with Gasteiger partial charge in [0.2, 0.25) is 0 Å². The van der Waals surface area contributed by atoms with Gasteiger partial charge in [0.25, 0.3) is 5.91 Å². The van der Waals surface area contributed by atoms with Crippen LogP contribution in [0.4, 0.5) is 0 Å². The average Bonchev–Trinajstić information content (AvgIpc) is 2.24. The van der Waals surface area contributed by atoms with E-state index in [0.29, 0.717) is 16.5 Å². The molecule has 0 saturated heterocycles. The summed E-state index contributed by atoms with van der Waals surface area (Å²) in [5, 5.41) is 3.63. The van der Waals surface area contributed by atoms with Crippen molar-refractivity contribution in [3.05, 3.63) is 34.9 Å². The first-order valence-corrected chi connectivity index (χ1v) is 6.20. The van der Waals surface area contributed by atoms with Crippen LogP contribution in [0.1, 0.15) is 29.6 Å². The van der Waals surface area contributed by atoms with E-state index in [9.17, 15) is 4.79 Å². The molecule has 0 heterocycles. The Morgan fingerprint density at radius 2 is 1.94 bits per heavy atom. The average molecular weight is 258 g/mol. The fraction of sp³-hybridized carbons (Fsp3) is 0.417. The third-order valence-electron chi connectivity index (χ3n) is 3.05. The molecule has 1 aliphatic carbocycles. The molecule has 4 heteroatoms. The lowest BCUT2D eigenvalue weighted by Crippen LogP contribution is -2.55. The van der Waals surface area contributed by atoms with Crippen molar-refractivity contribution < 1.29 is 4.79 Å². The Hall–Kier alpha value is -0.730. The third-order valence-corrected chi connectivity index (χ3v) is 3.82. The summed E-state index contributed by atoms with van der Waals surface area (Å²) >= 11 is 11.6. The van der Waals surface area contributed by atoms with Gasteiger partial charge in [-0.25, -0.2) is 0 Å². The smallest absolute Gasteiger partial charge is 0.251 e. The number of alkyl halides is 1. The minimum Gasteiger partial charge on any atom is -0.345 e. The van der Waals surface area contributed by atoms with E-state index < -0.39 is 0 Å². The Kier molecular flexibility index (Phi) is 3.41. The van der Waals surface area contributed by atoms with Crippen molar-refractivity contribution in [2.75, 3.05) is 5.88 Å². The molecule has 1 aromatic carbocycles. The Balaban J connectivity index is 2.05. The molecule has 1 saturated carbocycles. The number of hydrogen-bond acceptors (Lipinski definition) is 1. The zero-order valence-electron chi connectivity index (χ0n) is 8.80. The number of carbonyl (C=O) groups excluding carboxylic acids is 1. The van der Waals surface area contributed by atoms with Gasteiger partial charge in [-0.1, -0.05) is 11.6 Å². The molecular weight excluding hydrogens is 245 g/mol. The molecule has 0 aromatic heterocycles. The molecule has 1 fully saturated rings. The number of nitrogens with one attached hydrogen (secondary N) is 1. The van der Waals surface area contributed by atoms with Gasteiger partial charge in [-0.2, -0.15) is 0 Å². The maximum Gasteiger partial charge on any atom is 0.251 e. The summed E-state index contributed by atoms with van der Waals surface area (Å²) in [5.74, 6) is 0.406. The van der Waals surface area contributed by atoms with E-state index in [1.165, 1.54) is 0 Å².